The molecule has 1 aliphatic carbocycles. The average Bonchev–Trinajstić information content (AvgIpc) is 3.15. The van der Waals surface area contributed by atoms with E-state index in [1.54, 1.807) is 4.90 Å². The van der Waals surface area contributed by atoms with E-state index in [1.165, 1.54) is 0 Å². The van der Waals surface area contributed by atoms with E-state index in [4.69, 9.17) is 20.9 Å². The lowest BCUT2D eigenvalue weighted by Gasteiger charge is -2.28. The predicted molar refractivity (Wildman–Crippen MR) is 73.8 cm³/mol. The Hall–Kier alpha value is -1.82. The normalized spacial score (nSPS) is 27.9. The lowest BCUT2D eigenvalue weighted by molar-refractivity contribution is -0.192. The number of hydrogen-bond donors (Lipinski definition) is 2. The van der Waals surface area contributed by atoms with Crippen LogP contribution in [-0.4, -0.2) is 46.7 Å². The number of likely N-dealkylation sites (tertiary alicyclic amines) is 1. The van der Waals surface area contributed by atoms with Gasteiger partial charge in [0.25, 0.3) is 0 Å². The van der Waals surface area contributed by atoms with E-state index in [9.17, 15) is 18.0 Å². The third kappa shape index (κ3) is 4.58. The Morgan fingerprint density at radius 2 is 2.00 bits per heavy atom. The molecular weight excluding hydrogens is 315 g/mol. The summed E-state index contributed by atoms with van der Waals surface area (Å²) in [5.41, 5.74) is 5.93. The monoisotopic (exact) mass is 335 g/mol. The molecule has 130 valence electrons. The molecule has 0 aromatic heterocycles. The molecule has 0 aromatic carbocycles. The Morgan fingerprint density at radius 1 is 1.48 bits per heavy atom. The third-order valence-corrected chi connectivity index (χ3v) is 4.35. The minimum atomic E-state index is -5.08. The summed E-state index contributed by atoms with van der Waals surface area (Å²) in [7, 11) is 0. The predicted octanol–water partition coefficient (Wildman–Crippen LogP) is 1.36. The fraction of sp³-hybridized carbons (Fsp3) is 0.786. The number of hydrogen-bond acceptors (Lipinski definition) is 4. The zero-order valence-electron chi connectivity index (χ0n) is 12.9. The van der Waals surface area contributed by atoms with Gasteiger partial charge in [0.05, 0.1) is 12.1 Å². The molecule has 9 heteroatoms. The van der Waals surface area contributed by atoms with Crippen LogP contribution in [-0.2, 0) is 9.59 Å². The smallest absolute Gasteiger partial charge is 0.475 e. The largest absolute Gasteiger partial charge is 0.490 e. The van der Waals surface area contributed by atoms with Crippen molar-refractivity contribution < 1.29 is 27.9 Å². The molecule has 1 aliphatic heterocycles. The van der Waals surface area contributed by atoms with Crippen molar-refractivity contribution in [1.82, 2.24) is 4.90 Å². The quantitative estimate of drug-likeness (QED) is 0.810. The van der Waals surface area contributed by atoms with Crippen molar-refractivity contribution in [3.8, 4) is 6.07 Å². The summed E-state index contributed by atoms with van der Waals surface area (Å²) in [6.07, 6.45) is -3.08. The molecular formula is C14H20F3N3O3. The lowest BCUT2D eigenvalue weighted by Crippen LogP contribution is -2.49. The molecule has 5 atom stereocenters. The Bertz CT molecular complexity index is 504. The molecule has 0 spiro atoms. The molecule has 6 nitrogen and oxygen atoms in total. The summed E-state index contributed by atoms with van der Waals surface area (Å²) in [6.45, 7) is 4.76. The topological polar surface area (TPSA) is 107 Å². The number of nitrogens with zero attached hydrogens (tertiary/aromatic N) is 2. The summed E-state index contributed by atoms with van der Waals surface area (Å²) < 4.78 is 31.7. The van der Waals surface area contributed by atoms with Crippen LogP contribution < -0.4 is 5.73 Å². The zero-order chi connectivity index (χ0) is 17.9. The number of piperidine rings is 1. The summed E-state index contributed by atoms with van der Waals surface area (Å²) >= 11 is 0. The number of fused-ring (bicyclic) bond motifs is 1. The van der Waals surface area contributed by atoms with Crippen molar-refractivity contribution in [3.05, 3.63) is 0 Å². The van der Waals surface area contributed by atoms with Gasteiger partial charge >= 0.3 is 12.1 Å². The van der Waals surface area contributed by atoms with Crippen molar-refractivity contribution in [2.24, 2.45) is 23.5 Å². The van der Waals surface area contributed by atoms with E-state index in [2.05, 4.69) is 6.07 Å². The summed E-state index contributed by atoms with van der Waals surface area (Å²) in [5, 5.41) is 16.2. The number of halogens is 3. The van der Waals surface area contributed by atoms with Gasteiger partial charge in [-0.2, -0.15) is 18.4 Å². The van der Waals surface area contributed by atoms with Gasteiger partial charge in [-0.15, -0.1) is 0 Å². The number of nitrogens with two attached hydrogens (primary N) is 1. The zero-order valence-corrected chi connectivity index (χ0v) is 12.9. The third-order valence-electron chi connectivity index (χ3n) is 4.35. The fourth-order valence-corrected chi connectivity index (χ4v) is 2.55. The Balaban J connectivity index is 0.000000322. The maximum atomic E-state index is 12.1. The molecule has 0 radical (unpaired) electrons. The molecule has 23 heavy (non-hydrogen) atoms. The van der Waals surface area contributed by atoms with Crippen molar-refractivity contribution in [3.63, 3.8) is 0 Å². The highest BCUT2D eigenvalue weighted by Gasteiger charge is 2.54. The number of alkyl halides is 3. The van der Waals surface area contributed by atoms with E-state index >= 15 is 0 Å². The Kier molecular flexibility index (Phi) is 5.99. The van der Waals surface area contributed by atoms with Crippen LogP contribution in [0.15, 0.2) is 0 Å². The van der Waals surface area contributed by atoms with Gasteiger partial charge in [0.2, 0.25) is 5.91 Å². The second kappa shape index (κ2) is 7.17. The molecule has 2 unspecified atom stereocenters. The standard InChI is InChI=1S/C12H19N3O.C2HF3O2/c1-3-7(2)11(14)12(16)15-6-8-4-9(8)10(15)5-13;3-2(4,5)1(6)7/h7-11H,3-4,6,14H2,1-2H3;(H,6,7)/t7?,8-,9-,10?,11+;/m1./s1. The maximum absolute atomic E-state index is 12.1. The maximum Gasteiger partial charge on any atom is 0.490 e. The molecule has 1 saturated heterocycles. The number of carbonyl (C=O) groups excluding carboxylic acids is 1. The number of carboxylic acid groups (broad SMARTS) is 1. The summed E-state index contributed by atoms with van der Waals surface area (Å²) in [4.78, 5) is 22.7. The van der Waals surface area contributed by atoms with Crippen molar-refractivity contribution >= 4 is 11.9 Å². The molecule has 3 N–H and O–H groups in total. The van der Waals surface area contributed by atoms with E-state index in [0.717, 1.165) is 19.4 Å². The second-order valence-corrected chi connectivity index (χ2v) is 5.94. The van der Waals surface area contributed by atoms with E-state index in [0.29, 0.717) is 11.8 Å². The minimum absolute atomic E-state index is 0.0342. The first-order valence-corrected chi connectivity index (χ1v) is 7.30. The highest BCUT2D eigenvalue weighted by Crippen LogP contribution is 2.49. The SMILES string of the molecule is CCC(C)[C@H](N)C(=O)N1C[C@H]2C[C@H]2C1C#N.O=C(O)C(F)(F)F. The number of carbonyl (C=O) groups is 2. The molecule has 0 bridgehead atoms. The molecule has 1 saturated carbocycles. The first-order valence-electron chi connectivity index (χ1n) is 7.30. The Labute approximate surface area is 132 Å². The van der Waals surface area contributed by atoms with E-state index in [1.807, 2.05) is 13.8 Å². The summed E-state index contributed by atoms with van der Waals surface area (Å²) in [5.74, 6) is -1.61. The first kappa shape index (κ1) is 19.2. The van der Waals surface area contributed by atoms with Crippen LogP contribution in [0.4, 0.5) is 13.2 Å². The van der Waals surface area contributed by atoms with Crippen LogP contribution >= 0.6 is 0 Å². The van der Waals surface area contributed by atoms with Crippen LogP contribution in [0.25, 0.3) is 0 Å². The van der Waals surface area contributed by atoms with Gasteiger partial charge in [0.1, 0.15) is 6.04 Å². The number of rotatable bonds is 3. The molecule has 1 amide bonds. The van der Waals surface area contributed by atoms with Crippen molar-refractivity contribution in [2.75, 3.05) is 6.54 Å². The van der Waals surface area contributed by atoms with Crippen molar-refractivity contribution in [2.45, 2.75) is 44.9 Å². The highest BCUT2D eigenvalue weighted by molar-refractivity contribution is 5.83. The van der Waals surface area contributed by atoms with Crippen LogP contribution in [0.3, 0.4) is 0 Å². The van der Waals surface area contributed by atoms with Gasteiger partial charge in [0, 0.05) is 6.54 Å². The second-order valence-electron chi connectivity index (χ2n) is 5.94. The van der Waals surface area contributed by atoms with Crippen LogP contribution in [0.2, 0.25) is 0 Å². The average molecular weight is 335 g/mol. The van der Waals surface area contributed by atoms with E-state index < -0.39 is 18.2 Å². The summed E-state index contributed by atoms with van der Waals surface area (Å²) in [6, 6.07) is 1.59. The minimum Gasteiger partial charge on any atom is -0.475 e. The molecule has 2 aliphatic rings. The van der Waals surface area contributed by atoms with Crippen LogP contribution in [0.5, 0.6) is 0 Å². The number of nitriles is 1. The molecule has 2 fully saturated rings. The van der Waals surface area contributed by atoms with Gasteiger partial charge in [-0.3, -0.25) is 4.79 Å². The van der Waals surface area contributed by atoms with Gasteiger partial charge in [0.15, 0.2) is 0 Å². The van der Waals surface area contributed by atoms with Gasteiger partial charge in [-0.25, -0.2) is 4.79 Å². The molecule has 1 heterocycles. The Morgan fingerprint density at radius 3 is 2.39 bits per heavy atom. The lowest BCUT2D eigenvalue weighted by atomic mass is 9.98. The van der Waals surface area contributed by atoms with Gasteiger partial charge in [-0.1, -0.05) is 20.3 Å². The van der Waals surface area contributed by atoms with Crippen LogP contribution in [0.1, 0.15) is 26.7 Å². The van der Waals surface area contributed by atoms with Gasteiger partial charge < -0.3 is 15.7 Å². The van der Waals surface area contributed by atoms with E-state index in [-0.39, 0.29) is 17.9 Å². The molecule has 2 rings (SSSR count). The highest BCUT2D eigenvalue weighted by atomic mass is 19.4. The van der Waals surface area contributed by atoms with Crippen LogP contribution in [0, 0.1) is 29.1 Å². The van der Waals surface area contributed by atoms with Crippen molar-refractivity contribution in [1.29, 1.82) is 5.26 Å². The number of aliphatic carboxylic acids is 1. The molecule has 0 aromatic rings. The number of carboxylic acids is 1. The number of amides is 1. The fourth-order valence-electron chi connectivity index (χ4n) is 2.55. The van der Waals surface area contributed by atoms with Gasteiger partial charge in [-0.05, 0) is 24.2 Å². The first-order chi connectivity index (χ1) is 10.5.